The molecule has 0 bridgehead atoms. The number of ether oxygens (including phenoxy) is 1. The van der Waals surface area contributed by atoms with Crippen molar-refractivity contribution < 1.29 is 4.74 Å². The predicted molar refractivity (Wildman–Crippen MR) is 255 cm³/mol. The van der Waals surface area contributed by atoms with Gasteiger partial charge in [0.15, 0.2) is 0 Å². The lowest BCUT2D eigenvalue weighted by Gasteiger charge is -2.22. The molecule has 0 saturated heterocycles. The highest BCUT2D eigenvalue weighted by atomic mass is 16.5. The summed E-state index contributed by atoms with van der Waals surface area (Å²) in [5, 5.41) is 13.1. The van der Waals surface area contributed by atoms with Crippen molar-refractivity contribution >= 4 is 98.5 Å². The van der Waals surface area contributed by atoms with Crippen LogP contribution in [-0.4, -0.2) is 16.2 Å². The van der Waals surface area contributed by atoms with Gasteiger partial charge in [-0.25, -0.2) is 4.98 Å². The van der Waals surface area contributed by atoms with Crippen LogP contribution in [0.15, 0.2) is 206 Å². The molecule has 12 aromatic rings. The number of fused-ring (bicyclic) bond motifs is 13. The number of nitrogens with zero attached hydrogens (tertiary/aromatic N) is 4. The van der Waals surface area contributed by atoms with Gasteiger partial charge in [-0.05, 0) is 99.0 Å². The molecule has 5 heteroatoms. The largest absolute Gasteiger partial charge is 0.457 e. The average Bonchev–Trinajstić information content (AvgIpc) is 3.87. The van der Waals surface area contributed by atoms with Gasteiger partial charge in [-0.2, -0.15) is 0 Å². The summed E-state index contributed by atoms with van der Waals surface area (Å²) >= 11 is 0. The van der Waals surface area contributed by atoms with Crippen LogP contribution in [-0.2, 0) is 0 Å². The van der Waals surface area contributed by atoms with E-state index in [-0.39, 0.29) is 0 Å². The maximum Gasteiger partial charge on any atom is 0.146 e. The fraction of sp³-hybridized carbons (Fsp3) is 0.0179. The monoisotopic (exact) mass is 780 g/mol. The van der Waals surface area contributed by atoms with Gasteiger partial charge in [0.2, 0.25) is 0 Å². The molecule has 0 saturated carbocycles. The molecule has 0 amide bonds. The van der Waals surface area contributed by atoms with E-state index in [4.69, 9.17) is 9.72 Å². The lowest BCUT2D eigenvalue weighted by atomic mass is 9.92. The van der Waals surface area contributed by atoms with E-state index >= 15 is 0 Å². The minimum absolute atomic E-state index is 0.701. The Morgan fingerprint density at radius 3 is 1.79 bits per heavy atom. The second-order valence-corrected chi connectivity index (χ2v) is 15.9. The molecule has 3 heterocycles. The first-order valence-electron chi connectivity index (χ1n) is 20.8. The molecule has 0 atom stereocenters. The fourth-order valence-corrected chi connectivity index (χ4v) is 9.86. The highest BCUT2D eigenvalue weighted by molar-refractivity contribution is 6.32. The van der Waals surface area contributed by atoms with E-state index < -0.39 is 0 Å². The third kappa shape index (κ3) is 5.17. The minimum atomic E-state index is 0.701. The van der Waals surface area contributed by atoms with E-state index in [0.29, 0.717) is 6.67 Å². The summed E-state index contributed by atoms with van der Waals surface area (Å²) in [6.45, 7) is 0.701. The molecule has 0 radical (unpaired) electrons. The first kappa shape index (κ1) is 33.8. The lowest BCUT2D eigenvalue weighted by Crippen LogP contribution is -2.23. The summed E-state index contributed by atoms with van der Waals surface area (Å²) in [5.41, 5.74) is 7.68. The molecular weight excluding hydrogens is 745 g/mol. The smallest absolute Gasteiger partial charge is 0.146 e. The minimum Gasteiger partial charge on any atom is -0.457 e. The van der Waals surface area contributed by atoms with Gasteiger partial charge >= 0.3 is 0 Å². The van der Waals surface area contributed by atoms with Crippen LogP contribution in [0.3, 0.4) is 0 Å². The molecule has 0 spiro atoms. The number of pyridine rings is 1. The summed E-state index contributed by atoms with van der Waals surface area (Å²) in [6.07, 6.45) is 0. The van der Waals surface area contributed by atoms with Crippen molar-refractivity contribution in [1.82, 2.24) is 9.55 Å². The highest BCUT2D eigenvalue weighted by Crippen LogP contribution is 2.46. The van der Waals surface area contributed by atoms with Crippen LogP contribution in [0, 0.1) is 0 Å². The van der Waals surface area contributed by atoms with E-state index in [0.717, 1.165) is 56.0 Å². The van der Waals surface area contributed by atoms with Crippen LogP contribution in [0.1, 0.15) is 0 Å². The zero-order valence-electron chi connectivity index (χ0n) is 33.0. The van der Waals surface area contributed by atoms with E-state index in [2.05, 4.69) is 215 Å². The number of hydrogen-bond donors (Lipinski definition) is 0. The van der Waals surface area contributed by atoms with Gasteiger partial charge in [0, 0.05) is 50.4 Å². The SMILES string of the molecule is c1ccc(N2CN(c3cccc(Oc4ccc5c6ccccc6n(-c6nc7ccc8ccccc8c7c7c6ccc6ccc8ccccc8c67)c5c4)c3)c3ccccc32)cc1. The van der Waals surface area contributed by atoms with Crippen molar-refractivity contribution in [3.63, 3.8) is 0 Å². The number of hydrogen-bond acceptors (Lipinski definition) is 4. The van der Waals surface area contributed by atoms with Gasteiger partial charge in [0.05, 0.1) is 27.9 Å². The number of rotatable bonds is 5. The van der Waals surface area contributed by atoms with E-state index in [1.54, 1.807) is 0 Å². The van der Waals surface area contributed by atoms with Crippen molar-refractivity contribution in [3.8, 4) is 17.3 Å². The molecule has 10 aromatic carbocycles. The summed E-state index contributed by atoms with van der Waals surface area (Å²) in [6, 6.07) is 73.6. The molecule has 1 aliphatic heterocycles. The van der Waals surface area contributed by atoms with Crippen molar-refractivity contribution in [2.75, 3.05) is 16.5 Å². The van der Waals surface area contributed by atoms with Crippen molar-refractivity contribution in [2.45, 2.75) is 0 Å². The number of anilines is 4. The summed E-state index contributed by atoms with van der Waals surface area (Å²) in [4.78, 5) is 10.3. The zero-order chi connectivity index (χ0) is 40.0. The normalized spacial score (nSPS) is 12.8. The van der Waals surface area contributed by atoms with E-state index in [1.165, 1.54) is 59.9 Å². The second kappa shape index (κ2) is 13.2. The standard InChI is InChI=1S/C56H36N4O/c1-2-15-39(16-3-1)58-35-59(51-24-11-10-23-50(51)58)40-17-12-18-41(33-40)61-42-29-31-46-45-21-8-9-22-49(45)60(52(46)34-42)56-47-30-27-38-26-25-36-13-4-6-19-43(36)53(38)55(47)54-44-20-7-5-14-37(44)28-32-48(54)57-56/h1-34H,35H2. The molecule has 286 valence electrons. The van der Waals surface area contributed by atoms with Crippen molar-refractivity contribution in [1.29, 1.82) is 0 Å². The van der Waals surface area contributed by atoms with Gasteiger partial charge in [0.25, 0.3) is 0 Å². The van der Waals surface area contributed by atoms with Crippen LogP contribution in [0.5, 0.6) is 11.5 Å². The van der Waals surface area contributed by atoms with Gasteiger partial charge < -0.3 is 14.5 Å². The third-order valence-corrected chi connectivity index (χ3v) is 12.6. The van der Waals surface area contributed by atoms with E-state index in [9.17, 15) is 0 Å². The molecule has 0 N–H and O–H groups in total. The number of para-hydroxylation sites is 4. The molecule has 0 fully saturated rings. The molecule has 1 aliphatic rings. The van der Waals surface area contributed by atoms with Gasteiger partial charge in [0.1, 0.15) is 24.0 Å². The first-order chi connectivity index (χ1) is 30.2. The fourth-order valence-electron chi connectivity index (χ4n) is 9.86. The highest BCUT2D eigenvalue weighted by Gasteiger charge is 2.28. The Hall–Kier alpha value is -8.15. The van der Waals surface area contributed by atoms with Crippen molar-refractivity contribution in [3.05, 3.63) is 206 Å². The lowest BCUT2D eigenvalue weighted by molar-refractivity contribution is 0.483. The summed E-state index contributed by atoms with van der Waals surface area (Å²) in [5.74, 6) is 2.43. The summed E-state index contributed by atoms with van der Waals surface area (Å²) < 4.78 is 9.16. The maximum atomic E-state index is 6.81. The van der Waals surface area contributed by atoms with Crippen LogP contribution in [0.2, 0.25) is 0 Å². The summed E-state index contributed by atoms with van der Waals surface area (Å²) in [7, 11) is 0. The Labute approximate surface area is 351 Å². The molecule has 5 nitrogen and oxygen atoms in total. The predicted octanol–water partition coefficient (Wildman–Crippen LogP) is 15.0. The Morgan fingerprint density at radius 2 is 0.967 bits per heavy atom. The number of benzene rings is 10. The van der Waals surface area contributed by atoms with Crippen LogP contribution in [0.4, 0.5) is 22.7 Å². The quantitative estimate of drug-likeness (QED) is 0.163. The Bertz CT molecular complexity index is 3690. The van der Waals surface area contributed by atoms with Crippen LogP contribution < -0.4 is 14.5 Å². The molecule has 0 unspecified atom stereocenters. The second-order valence-electron chi connectivity index (χ2n) is 15.9. The molecule has 61 heavy (non-hydrogen) atoms. The first-order valence-corrected chi connectivity index (χ1v) is 20.8. The molecule has 0 aliphatic carbocycles. The van der Waals surface area contributed by atoms with Crippen molar-refractivity contribution in [2.24, 2.45) is 0 Å². The van der Waals surface area contributed by atoms with Gasteiger partial charge in [-0.3, -0.25) is 4.57 Å². The van der Waals surface area contributed by atoms with Crippen LogP contribution in [0.25, 0.3) is 81.6 Å². The average molecular weight is 781 g/mol. The third-order valence-electron chi connectivity index (χ3n) is 12.6. The number of aromatic nitrogens is 2. The molecule has 13 rings (SSSR count). The Balaban J connectivity index is 0.997. The molecule has 2 aromatic heterocycles. The molecular formula is C56H36N4O. The maximum absolute atomic E-state index is 6.81. The Kier molecular flexibility index (Phi) is 7.30. The van der Waals surface area contributed by atoms with Gasteiger partial charge in [-0.15, -0.1) is 0 Å². The Morgan fingerprint density at radius 1 is 0.377 bits per heavy atom. The van der Waals surface area contributed by atoms with Crippen LogP contribution >= 0.6 is 0 Å². The zero-order valence-corrected chi connectivity index (χ0v) is 33.0. The topological polar surface area (TPSA) is 33.5 Å². The van der Waals surface area contributed by atoms with Gasteiger partial charge in [-0.1, -0.05) is 127 Å². The van der Waals surface area contributed by atoms with E-state index in [1.807, 2.05) is 6.07 Å².